The Morgan fingerprint density at radius 2 is 2.11 bits per heavy atom. The van der Waals surface area contributed by atoms with Crippen LogP contribution in [0.3, 0.4) is 0 Å². The average Bonchev–Trinajstić information content (AvgIpc) is 1.84. The van der Waals surface area contributed by atoms with E-state index in [1.54, 1.807) is 19.0 Å². The summed E-state index contributed by atoms with van der Waals surface area (Å²) >= 11 is 0. The minimum Gasteiger partial charge on any atom is -0.504 e. The van der Waals surface area contributed by atoms with Crippen LogP contribution in [0.4, 0.5) is 0 Å². The zero-order chi connectivity index (χ0) is 7.44. The fourth-order valence-electron chi connectivity index (χ4n) is 0.334. The van der Waals surface area contributed by atoms with Gasteiger partial charge in [-0.3, -0.25) is 0 Å². The van der Waals surface area contributed by atoms with E-state index in [1.165, 1.54) is 6.08 Å². The van der Waals surface area contributed by atoms with Crippen molar-refractivity contribution in [1.29, 1.82) is 0 Å². The molecule has 0 rings (SSSR count). The van der Waals surface area contributed by atoms with E-state index in [-0.39, 0.29) is 5.76 Å². The van der Waals surface area contributed by atoms with Crippen molar-refractivity contribution >= 4 is 0 Å². The van der Waals surface area contributed by atoms with Crippen LogP contribution in [0.5, 0.6) is 0 Å². The zero-order valence-corrected chi connectivity index (χ0v) is 5.76. The number of allylic oxidation sites excluding steroid dienone is 1. The SMILES string of the molecule is C=C/C(O)=C(/N)N(C)C. The molecule has 3 heteroatoms. The van der Waals surface area contributed by atoms with Crippen LogP contribution in [0, 0.1) is 0 Å². The number of hydrogen-bond acceptors (Lipinski definition) is 3. The van der Waals surface area contributed by atoms with Gasteiger partial charge in [-0.2, -0.15) is 0 Å². The maximum Gasteiger partial charge on any atom is 0.154 e. The standard InChI is InChI=1S/C6H12N2O/c1-4-5(9)6(7)8(2)3/h4,9H,1,7H2,2-3H3/b6-5+. The van der Waals surface area contributed by atoms with Gasteiger partial charge in [-0.15, -0.1) is 0 Å². The van der Waals surface area contributed by atoms with Gasteiger partial charge in [0, 0.05) is 14.1 Å². The molecule has 0 radical (unpaired) electrons. The minimum absolute atomic E-state index is 0.0139. The van der Waals surface area contributed by atoms with Crippen LogP contribution in [0.15, 0.2) is 24.2 Å². The fourth-order valence-corrected chi connectivity index (χ4v) is 0.334. The van der Waals surface area contributed by atoms with Gasteiger partial charge in [-0.25, -0.2) is 0 Å². The zero-order valence-electron chi connectivity index (χ0n) is 5.76. The lowest BCUT2D eigenvalue weighted by molar-refractivity contribution is 0.384. The number of nitrogens with two attached hydrogens (primary N) is 1. The van der Waals surface area contributed by atoms with Crippen molar-refractivity contribution in [3.05, 3.63) is 24.2 Å². The van der Waals surface area contributed by atoms with Crippen molar-refractivity contribution in [2.24, 2.45) is 5.73 Å². The van der Waals surface area contributed by atoms with Crippen LogP contribution < -0.4 is 5.73 Å². The second kappa shape index (κ2) is 3.02. The Morgan fingerprint density at radius 1 is 1.67 bits per heavy atom. The van der Waals surface area contributed by atoms with E-state index < -0.39 is 0 Å². The highest BCUT2D eigenvalue weighted by Gasteiger charge is 1.96. The van der Waals surface area contributed by atoms with Crippen molar-refractivity contribution in [2.75, 3.05) is 14.1 Å². The summed E-state index contributed by atoms with van der Waals surface area (Å²) in [5.74, 6) is 0.338. The summed E-state index contributed by atoms with van der Waals surface area (Å²) in [4.78, 5) is 1.61. The molecule has 0 aromatic heterocycles. The lowest BCUT2D eigenvalue weighted by Gasteiger charge is -2.12. The largest absolute Gasteiger partial charge is 0.504 e. The van der Waals surface area contributed by atoms with Crippen molar-refractivity contribution < 1.29 is 5.11 Å². The predicted molar refractivity (Wildman–Crippen MR) is 37.7 cm³/mol. The Balaban J connectivity index is 4.27. The molecule has 0 unspecified atom stereocenters. The van der Waals surface area contributed by atoms with Crippen molar-refractivity contribution in [3.63, 3.8) is 0 Å². The molecule has 0 fully saturated rings. The molecular formula is C6H12N2O. The molecule has 0 bridgehead atoms. The lowest BCUT2D eigenvalue weighted by Crippen LogP contribution is -2.20. The van der Waals surface area contributed by atoms with E-state index in [9.17, 15) is 0 Å². The molecule has 9 heavy (non-hydrogen) atoms. The molecule has 3 N–H and O–H groups in total. The van der Waals surface area contributed by atoms with Gasteiger partial charge >= 0.3 is 0 Å². The van der Waals surface area contributed by atoms with Gasteiger partial charge in [0.1, 0.15) is 5.82 Å². The number of aliphatic hydroxyl groups is 1. The van der Waals surface area contributed by atoms with Gasteiger partial charge in [-0.05, 0) is 6.08 Å². The van der Waals surface area contributed by atoms with Gasteiger partial charge in [0.2, 0.25) is 0 Å². The summed E-state index contributed by atoms with van der Waals surface area (Å²) in [5, 5.41) is 8.89. The van der Waals surface area contributed by atoms with Crippen LogP contribution in [-0.2, 0) is 0 Å². The molecule has 0 amide bonds. The Kier molecular flexibility index (Phi) is 2.64. The lowest BCUT2D eigenvalue weighted by atomic mass is 10.4. The van der Waals surface area contributed by atoms with E-state index in [1.807, 2.05) is 0 Å². The molecule has 0 saturated heterocycles. The summed E-state index contributed by atoms with van der Waals surface area (Å²) in [6.45, 7) is 3.35. The maximum atomic E-state index is 8.89. The Morgan fingerprint density at radius 3 is 2.22 bits per heavy atom. The molecule has 0 heterocycles. The molecular weight excluding hydrogens is 116 g/mol. The van der Waals surface area contributed by atoms with Crippen LogP contribution in [0.25, 0.3) is 0 Å². The monoisotopic (exact) mass is 128 g/mol. The van der Waals surface area contributed by atoms with E-state index in [0.29, 0.717) is 5.82 Å². The van der Waals surface area contributed by atoms with Crippen molar-refractivity contribution in [2.45, 2.75) is 0 Å². The topological polar surface area (TPSA) is 49.5 Å². The van der Waals surface area contributed by atoms with Gasteiger partial charge < -0.3 is 15.7 Å². The molecule has 0 aliphatic carbocycles. The third-order valence-electron chi connectivity index (χ3n) is 0.938. The van der Waals surface area contributed by atoms with E-state index in [4.69, 9.17) is 10.8 Å². The first kappa shape index (κ1) is 7.88. The van der Waals surface area contributed by atoms with Crippen molar-refractivity contribution in [3.8, 4) is 0 Å². The second-order valence-corrected chi connectivity index (χ2v) is 1.87. The Bertz CT molecular complexity index is 138. The highest BCUT2D eigenvalue weighted by Crippen LogP contribution is 1.96. The summed E-state index contributed by atoms with van der Waals surface area (Å²) < 4.78 is 0. The number of hydrogen-bond donors (Lipinski definition) is 2. The van der Waals surface area contributed by atoms with Gasteiger partial charge in [0.15, 0.2) is 5.76 Å². The second-order valence-electron chi connectivity index (χ2n) is 1.87. The van der Waals surface area contributed by atoms with E-state index in [0.717, 1.165) is 0 Å². The first-order valence-corrected chi connectivity index (χ1v) is 2.58. The number of aliphatic hydroxyl groups excluding tert-OH is 1. The molecule has 3 nitrogen and oxygen atoms in total. The van der Waals surface area contributed by atoms with Crippen LogP contribution >= 0.6 is 0 Å². The quantitative estimate of drug-likeness (QED) is 0.418. The minimum atomic E-state index is 0.0139. The van der Waals surface area contributed by atoms with Crippen LogP contribution in [0.1, 0.15) is 0 Å². The Hall–Kier alpha value is -1.12. The molecule has 0 aliphatic rings. The van der Waals surface area contributed by atoms with E-state index in [2.05, 4.69) is 6.58 Å². The van der Waals surface area contributed by atoms with Gasteiger partial charge in [-0.1, -0.05) is 6.58 Å². The number of rotatable bonds is 2. The third-order valence-corrected chi connectivity index (χ3v) is 0.938. The first-order valence-electron chi connectivity index (χ1n) is 2.58. The summed E-state index contributed by atoms with van der Waals surface area (Å²) in [5.41, 5.74) is 5.35. The summed E-state index contributed by atoms with van der Waals surface area (Å²) in [6.07, 6.45) is 1.30. The highest BCUT2D eigenvalue weighted by atomic mass is 16.3. The molecule has 0 spiro atoms. The maximum absolute atomic E-state index is 8.89. The van der Waals surface area contributed by atoms with Crippen molar-refractivity contribution in [1.82, 2.24) is 4.90 Å². The summed E-state index contributed by atoms with van der Waals surface area (Å²) in [6, 6.07) is 0. The number of nitrogens with zero attached hydrogens (tertiary/aromatic N) is 1. The van der Waals surface area contributed by atoms with Crippen LogP contribution in [0.2, 0.25) is 0 Å². The van der Waals surface area contributed by atoms with E-state index >= 15 is 0 Å². The molecule has 0 aromatic carbocycles. The molecule has 0 aliphatic heterocycles. The highest BCUT2D eigenvalue weighted by molar-refractivity contribution is 5.12. The van der Waals surface area contributed by atoms with Gasteiger partial charge in [0.25, 0.3) is 0 Å². The predicted octanol–water partition coefficient (Wildman–Crippen LogP) is 0.420. The molecule has 52 valence electrons. The molecule has 0 aromatic rings. The van der Waals surface area contributed by atoms with Gasteiger partial charge in [0.05, 0.1) is 0 Å². The molecule has 0 saturated carbocycles. The smallest absolute Gasteiger partial charge is 0.154 e. The Labute approximate surface area is 55.1 Å². The van der Waals surface area contributed by atoms with Crippen LogP contribution in [-0.4, -0.2) is 24.1 Å². The molecule has 0 atom stereocenters. The third kappa shape index (κ3) is 2.08. The first-order chi connectivity index (χ1) is 4.09. The summed E-state index contributed by atoms with van der Waals surface area (Å²) in [7, 11) is 3.49. The fraction of sp³-hybridized carbons (Fsp3) is 0.333. The average molecular weight is 128 g/mol. The normalized spacial score (nSPS) is 12.2.